The number of amides is 1. The van der Waals surface area contributed by atoms with Gasteiger partial charge in [-0.05, 0) is 12.8 Å². The van der Waals surface area contributed by atoms with Crippen LogP contribution in [0, 0.1) is 5.41 Å². The maximum absolute atomic E-state index is 11.6. The molecule has 0 saturated carbocycles. The molecule has 0 aromatic carbocycles. The van der Waals surface area contributed by atoms with Crippen molar-refractivity contribution in [3.63, 3.8) is 0 Å². The number of hydrogen-bond acceptors (Lipinski definition) is 3. The molecule has 0 atom stereocenters. The first-order valence-electron chi connectivity index (χ1n) is 4.86. The second-order valence-corrected chi connectivity index (χ2v) is 4.05. The minimum absolute atomic E-state index is 0.00583. The highest BCUT2D eigenvalue weighted by molar-refractivity contribution is 8.14. The third-order valence-electron chi connectivity index (χ3n) is 1.69. The Morgan fingerprint density at radius 2 is 1.86 bits per heavy atom. The number of hydrogen-bond donors (Lipinski definition) is 2. The summed E-state index contributed by atoms with van der Waals surface area (Å²) in [5.41, 5.74) is 5.16. The summed E-state index contributed by atoms with van der Waals surface area (Å²) in [4.78, 5) is 13.4. The molecule has 0 radical (unpaired) electrons. The van der Waals surface area contributed by atoms with Gasteiger partial charge in [0.1, 0.15) is 0 Å². The molecule has 0 spiro atoms. The predicted octanol–water partition coefficient (Wildman–Crippen LogP) is 1.26. The Morgan fingerprint density at radius 1 is 1.36 bits per heavy atom. The fourth-order valence-electron chi connectivity index (χ4n) is 1.13. The van der Waals surface area contributed by atoms with E-state index in [0.29, 0.717) is 0 Å². The van der Waals surface area contributed by atoms with Crippen molar-refractivity contribution in [3.05, 3.63) is 0 Å². The van der Waals surface area contributed by atoms with Crippen molar-refractivity contribution < 1.29 is 4.79 Å². The number of nitrogens with zero attached hydrogens (tertiary/aromatic N) is 1. The van der Waals surface area contributed by atoms with E-state index in [1.54, 1.807) is 0 Å². The first-order chi connectivity index (χ1) is 6.61. The normalized spacial score (nSPS) is 9.86. The fraction of sp³-hybridized carbons (Fsp3) is 0.778. The van der Waals surface area contributed by atoms with E-state index in [0.717, 1.165) is 37.7 Å². The number of thioether (sulfide) groups is 1. The molecule has 0 rings (SSSR count). The van der Waals surface area contributed by atoms with Crippen molar-refractivity contribution in [2.24, 2.45) is 5.73 Å². The Morgan fingerprint density at radius 3 is 2.21 bits per heavy atom. The lowest BCUT2D eigenvalue weighted by Crippen LogP contribution is -2.34. The third-order valence-corrected chi connectivity index (χ3v) is 2.39. The Bertz CT molecular complexity index is 190. The van der Waals surface area contributed by atoms with Gasteiger partial charge in [-0.15, -0.1) is 0 Å². The van der Waals surface area contributed by atoms with Gasteiger partial charge in [0.2, 0.25) is 5.91 Å². The van der Waals surface area contributed by atoms with Gasteiger partial charge in [0.05, 0.1) is 5.75 Å². The summed E-state index contributed by atoms with van der Waals surface area (Å²) in [6.45, 7) is 5.69. The molecule has 4 nitrogen and oxygen atoms in total. The second-order valence-electron chi connectivity index (χ2n) is 3.03. The highest BCUT2D eigenvalue weighted by Crippen LogP contribution is 2.03. The maximum atomic E-state index is 11.6. The van der Waals surface area contributed by atoms with E-state index in [4.69, 9.17) is 11.1 Å². The first kappa shape index (κ1) is 13.3. The Labute approximate surface area is 89.7 Å². The van der Waals surface area contributed by atoms with Crippen molar-refractivity contribution in [2.45, 2.75) is 26.7 Å². The SMILES string of the molecule is CCCN(CCC)C(=O)CSC(=N)N. The van der Waals surface area contributed by atoms with Crippen molar-refractivity contribution in [3.8, 4) is 0 Å². The van der Waals surface area contributed by atoms with Crippen LogP contribution in [0.5, 0.6) is 0 Å². The molecule has 0 aromatic heterocycles. The number of carbonyl (C=O) groups excluding carboxylic acids is 1. The van der Waals surface area contributed by atoms with Gasteiger partial charge in [-0.3, -0.25) is 10.2 Å². The standard InChI is InChI=1S/C9H19N3OS/c1-3-5-12(6-4-2)8(13)7-14-9(10)11/h3-7H2,1-2H3,(H3,10,11). The zero-order valence-electron chi connectivity index (χ0n) is 8.88. The average molecular weight is 217 g/mol. The molecule has 5 heteroatoms. The zero-order valence-corrected chi connectivity index (χ0v) is 9.69. The number of rotatable bonds is 6. The Kier molecular flexibility index (Phi) is 7.28. The molecule has 0 aliphatic rings. The summed E-state index contributed by atoms with van der Waals surface area (Å²) in [7, 11) is 0. The van der Waals surface area contributed by atoms with Crippen LogP contribution in [0.2, 0.25) is 0 Å². The van der Waals surface area contributed by atoms with Crippen LogP contribution in [-0.4, -0.2) is 34.8 Å². The van der Waals surface area contributed by atoms with E-state index >= 15 is 0 Å². The molecule has 0 saturated heterocycles. The third kappa shape index (κ3) is 5.85. The lowest BCUT2D eigenvalue weighted by Gasteiger charge is -2.20. The van der Waals surface area contributed by atoms with Crippen LogP contribution in [-0.2, 0) is 4.79 Å². The van der Waals surface area contributed by atoms with E-state index in [9.17, 15) is 4.79 Å². The predicted molar refractivity (Wildman–Crippen MR) is 61.5 cm³/mol. The Balaban J connectivity index is 3.94. The van der Waals surface area contributed by atoms with Crippen molar-refractivity contribution in [1.29, 1.82) is 5.41 Å². The number of nitrogens with one attached hydrogen (secondary N) is 1. The van der Waals surface area contributed by atoms with Gasteiger partial charge < -0.3 is 10.6 Å². The van der Waals surface area contributed by atoms with Crippen LogP contribution in [0.3, 0.4) is 0 Å². The molecular formula is C9H19N3OS. The van der Waals surface area contributed by atoms with Gasteiger partial charge in [0.15, 0.2) is 5.17 Å². The molecule has 0 aliphatic heterocycles. The van der Waals surface area contributed by atoms with Crippen molar-refractivity contribution in [1.82, 2.24) is 4.90 Å². The summed E-state index contributed by atoms with van der Waals surface area (Å²) in [6.07, 6.45) is 1.94. The number of amidine groups is 1. The van der Waals surface area contributed by atoms with Gasteiger partial charge in [-0.25, -0.2) is 0 Å². The van der Waals surface area contributed by atoms with Crippen molar-refractivity contribution >= 4 is 22.8 Å². The summed E-state index contributed by atoms with van der Waals surface area (Å²) >= 11 is 1.09. The molecule has 82 valence electrons. The van der Waals surface area contributed by atoms with Gasteiger partial charge in [0, 0.05) is 13.1 Å². The topological polar surface area (TPSA) is 70.2 Å². The molecule has 0 heterocycles. The molecule has 0 fully saturated rings. The number of carbonyl (C=O) groups is 1. The van der Waals surface area contributed by atoms with Gasteiger partial charge in [0.25, 0.3) is 0 Å². The minimum atomic E-state index is 0.00583. The van der Waals surface area contributed by atoms with Crippen LogP contribution in [0.25, 0.3) is 0 Å². The smallest absolute Gasteiger partial charge is 0.233 e. The van der Waals surface area contributed by atoms with Crippen LogP contribution >= 0.6 is 11.8 Å². The summed E-state index contributed by atoms with van der Waals surface area (Å²) in [5.74, 6) is 0.365. The van der Waals surface area contributed by atoms with Crippen molar-refractivity contribution in [2.75, 3.05) is 18.8 Å². The largest absolute Gasteiger partial charge is 0.379 e. The highest BCUT2D eigenvalue weighted by atomic mass is 32.2. The molecule has 0 aliphatic carbocycles. The van der Waals surface area contributed by atoms with Crippen LogP contribution < -0.4 is 5.73 Å². The van der Waals surface area contributed by atoms with E-state index in [2.05, 4.69) is 0 Å². The molecule has 0 aromatic rings. The molecule has 14 heavy (non-hydrogen) atoms. The fourth-order valence-corrected chi connectivity index (χ4v) is 1.59. The molecule has 3 N–H and O–H groups in total. The first-order valence-corrected chi connectivity index (χ1v) is 5.85. The number of nitrogens with two attached hydrogens (primary N) is 1. The average Bonchev–Trinajstić information content (AvgIpc) is 2.14. The van der Waals surface area contributed by atoms with Crippen LogP contribution in [0.4, 0.5) is 0 Å². The van der Waals surface area contributed by atoms with Gasteiger partial charge in [-0.1, -0.05) is 25.6 Å². The summed E-state index contributed by atoms with van der Waals surface area (Å²) < 4.78 is 0. The summed E-state index contributed by atoms with van der Waals surface area (Å²) in [5, 5.41) is 7.01. The summed E-state index contributed by atoms with van der Waals surface area (Å²) in [6, 6.07) is 0. The van der Waals surface area contributed by atoms with Gasteiger partial charge >= 0.3 is 0 Å². The monoisotopic (exact) mass is 217 g/mol. The van der Waals surface area contributed by atoms with E-state index in [1.165, 1.54) is 0 Å². The van der Waals surface area contributed by atoms with Gasteiger partial charge in [-0.2, -0.15) is 0 Å². The van der Waals surface area contributed by atoms with Crippen LogP contribution in [0.1, 0.15) is 26.7 Å². The highest BCUT2D eigenvalue weighted by Gasteiger charge is 2.11. The lowest BCUT2D eigenvalue weighted by atomic mass is 10.3. The zero-order chi connectivity index (χ0) is 11.0. The maximum Gasteiger partial charge on any atom is 0.233 e. The van der Waals surface area contributed by atoms with E-state index in [-0.39, 0.29) is 16.8 Å². The Hall–Kier alpha value is -0.710. The second kappa shape index (κ2) is 7.67. The quantitative estimate of drug-likeness (QED) is 0.520. The molecule has 0 unspecified atom stereocenters. The molecule has 0 bridgehead atoms. The van der Waals surface area contributed by atoms with E-state index < -0.39 is 0 Å². The molecular weight excluding hydrogens is 198 g/mol. The van der Waals surface area contributed by atoms with E-state index in [1.807, 2.05) is 18.7 Å². The lowest BCUT2D eigenvalue weighted by molar-refractivity contribution is -0.128. The molecule has 1 amide bonds. The minimum Gasteiger partial charge on any atom is -0.379 e. The van der Waals surface area contributed by atoms with Crippen LogP contribution in [0.15, 0.2) is 0 Å².